The van der Waals surface area contributed by atoms with Crippen LogP contribution in [-0.4, -0.2) is 50.3 Å². The maximum absolute atomic E-state index is 12.3. The Hall–Kier alpha value is -1.76. The summed E-state index contributed by atoms with van der Waals surface area (Å²) in [6.07, 6.45) is 7.37. The smallest absolute Gasteiger partial charge is 0.411 e. The number of methoxy groups -OCH3 is 1. The van der Waals surface area contributed by atoms with Gasteiger partial charge in [0, 0.05) is 6.54 Å². The van der Waals surface area contributed by atoms with E-state index in [0.717, 1.165) is 6.42 Å². The van der Waals surface area contributed by atoms with Gasteiger partial charge in [-0.3, -0.25) is 4.90 Å². The number of likely N-dealkylation sites (tertiary alicyclic amines) is 1. The van der Waals surface area contributed by atoms with Gasteiger partial charge >= 0.3 is 6.09 Å². The van der Waals surface area contributed by atoms with E-state index in [1.54, 1.807) is 4.90 Å². The number of aromatic nitrogens is 2. The molecule has 1 aromatic heterocycles. The second kappa shape index (κ2) is 7.42. The fourth-order valence-electron chi connectivity index (χ4n) is 2.27. The fourth-order valence-corrected chi connectivity index (χ4v) is 3.31. The minimum atomic E-state index is -0.513. The highest BCUT2D eigenvalue weighted by molar-refractivity contribution is 14.1. The predicted octanol–water partition coefficient (Wildman–Crippen LogP) is 2.65. The molecule has 1 amide bonds. The first-order valence-electron chi connectivity index (χ1n) is 7.53. The van der Waals surface area contributed by atoms with Crippen LogP contribution in [0, 0.1) is 12.3 Å². The summed E-state index contributed by atoms with van der Waals surface area (Å²) in [6, 6.07) is 0.0134. The minimum Gasteiger partial charge on any atom is -0.480 e. The molecule has 2 unspecified atom stereocenters. The zero-order valence-corrected chi connectivity index (χ0v) is 16.3. The molecule has 1 aliphatic rings. The number of carbonyl (C=O) groups is 1. The van der Waals surface area contributed by atoms with Gasteiger partial charge in [0.25, 0.3) is 0 Å². The number of nitrogens with one attached hydrogen (secondary N) is 1. The Morgan fingerprint density at radius 3 is 2.83 bits per heavy atom. The lowest BCUT2D eigenvalue weighted by atomic mass is 10.2. The van der Waals surface area contributed by atoms with Crippen LogP contribution in [0.25, 0.3) is 0 Å². The molecule has 8 heteroatoms. The van der Waals surface area contributed by atoms with E-state index >= 15 is 0 Å². The van der Waals surface area contributed by atoms with E-state index in [-0.39, 0.29) is 16.2 Å². The standard InChI is InChI=1S/C16H21IN4O3/c1-6-10-9-18-14(20-13(10)23-5)19-11-7-8-21(12(11)17)15(22)24-16(2,3)4/h1,9,11-12H,7-8H2,2-5H3,(H,18,19,20). The molecule has 2 rings (SSSR count). The number of halogens is 1. The van der Waals surface area contributed by atoms with Crippen molar-refractivity contribution in [3.63, 3.8) is 0 Å². The van der Waals surface area contributed by atoms with Gasteiger partial charge in [-0.05, 0) is 27.2 Å². The first-order chi connectivity index (χ1) is 11.2. The minimum absolute atomic E-state index is 0.0134. The van der Waals surface area contributed by atoms with E-state index in [1.807, 2.05) is 20.8 Å². The van der Waals surface area contributed by atoms with E-state index in [0.29, 0.717) is 23.9 Å². The van der Waals surface area contributed by atoms with Gasteiger partial charge in [0.05, 0.1) is 19.3 Å². The van der Waals surface area contributed by atoms with Crippen molar-refractivity contribution in [2.75, 3.05) is 19.0 Å². The van der Waals surface area contributed by atoms with Crippen molar-refractivity contribution in [2.24, 2.45) is 0 Å². The molecule has 1 fully saturated rings. The number of nitrogens with zero attached hydrogens (tertiary/aromatic N) is 3. The van der Waals surface area contributed by atoms with Crippen molar-refractivity contribution in [3.05, 3.63) is 11.8 Å². The summed E-state index contributed by atoms with van der Waals surface area (Å²) in [7, 11) is 1.51. The molecule has 7 nitrogen and oxygen atoms in total. The average Bonchev–Trinajstić information content (AvgIpc) is 2.86. The monoisotopic (exact) mass is 444 g/mol. The second-order valence-corrected chi connectivity index (χ2v) is 7.62. The van der Waals surface area contributed by atoms with Crippen LogP contribution in [-0.2, 0) is 4.74 Å². The van der Waals surface area contributed by atoms with E-state index in [2.05, 4.69) is 43.8 Å². The number of hydrogen-bond donors (Lipinski definition) is 1. The molecule has 24 heavy (non-hydrogen) atoms. The number of alkyl halides is 1. The molecule has 1 saturated heterocycles. The molecule has 0 radical (unpaired) electrons. The van der Waals surface area contributed by atoms with Crippen molar-refractivity contribution in [1.29, 1.82) is 0 Å². The summed E-state index contributed by atoms with van der Waals surface area (Å²) in [5.41, 5.74) is -0.0172. The summed E-state index contributed by atoms with van der Waals surface area (Å²) in [4.78, 5) is 22.4. The van der Waals surface area contributed by atoms with Gasteiger partial charge in [-0.1, -0.05) is 28.5 Å². The van der Waals surface area contributed by atoms with Gasteiger partial charge < -0.3 is 14.8 Å². The molecule has 1 aromatic rings. The number of carbonyl (C=O) groups excluding carboxylic acids is 1. The highest BCUT2D eigenvalue weighted by Gasteiger charge is 2.37. The topological polar surface area (TPSA) is 76.6 Å². The van der Waals surface area contributed by atoms with Crippen molar-refractivity contribution >= 4 is 34.6 Å². The molecule has 0 aromatic carbocycles. The number of amides is 1. The molecule has 1 N–H and O–H groups in total. The zero-order chi connectivity index (χ0) is 17.9. The first kappa shape index (κ1) is 18.6. The lowest BCUT2D eigenvalue weighted by Crippen LogP contribution is -2.41. The number of ether oxygens (including phenoxy) is 2. The maximum Gasteiger partial charge on any atom is 0.411 e. The Bertz CT molecular complexity index is 654. The number of terminal acetylenes is 1. The maximum atomic E-state index is 12.3. The van der Waals surface area contributed by atoms with Crippen molar-refractivity contribution in [1.82, 2.24) is 14.9 Å². The molecule has 1 aliphatic heterocycles. The lowest BCUT2D eigenvalue weighted by molar-refractivity contribution is 0.0283. The van der Waals surface area contributed by atoms with Gasteiger partial charge in [-0.25, -0.2) is 9.78 Å². The Labute approximate surface area is 155 Å². The highest BCUT2D eigenvalue weighted by Crippen LogP contribution is 2.28. The van der Waals surface area contributed by atoms with Crippen LogP contribution in [0.5, 0.6) is 5.88 Å². The van der Waals surface area contributed by atoms with Crippen LogP contribution < -0.4 is 10.1 Å². The third-order valence-electron chi connectivity index (χ3n) is 3.36. The number of hydrogen-bond acceptors (Lipinski definition) is 6. The summed E-state index contributed by atoms with van der Waals surface area (Å²) in [6.45, 7) is 6.17. The summed E-state index contributed by atoms with van der Waals surface area (Å²) < 4.78 is 10.5. The molecule has 2 heterocycles. The van der Waals surface area contributed by atoms with Gasteiger partial charge in [-0.2, -0.15) is 4.98 Å². The van der Waals surface area contributed by atoms with Crippen molar-refractivity contribution in [2.45, 2.75) is 42.9 Å². The fraction of sp³-hybridized carbons (Fsp3) is 0.562. The SMILES string of the molecule is C#Cc1cnc(NC2CCN(C(=O)OC(C)(C)C)C2I)nc1OC. The Morgan fingerprint density at radius 1 is 1.54 bits per heavy atom. The van der Waals surface area contributed by atoms with E-state index in [4.69, 9.17) is 15.9 Å². The molecule has 130 valence electrons. The lowest BCUT2D eigenvalue weighted by Gasteiger charge is -2.27. The van der Waals surface area contributed by atoms with E-state index in [1.165, 1.54) is 13.3 Å². The van der Waals surface area contributed by atoms with E-state index in [9.17, 15) is 4.79 Å². The Morgan fingerprint density at radius 2 is 2.25 bits per heavy atom. The van der Waals surface area contributed by atoms with Crippen LogP contribution >= 0.6 is 22.6 Å². The van der Waals surface area contributed by atoms with Crippen LogP contribution in [0.3, 0.4) is 0 Å². The summed E-state index contributed by atoms with van der Waals surface area (Å²) >= 11 is 2.23. The molecule has 0 bridgehead atoms. The van der Waals surface area contributed by atoms with Crippen LogP contribution in [0.1, 0.15) is 32.8 Å². The summed E-state index contributed by atoms with van der Waals surface area (Å²) in [5.74, 6) is 3.24. The quantitative estimate of drug-likeness (QED) is 0.335. The molecular formula is C16H21IN4O3. The van der Waals surface area contributed by atoms with Gasteiger partial charge in [-0.15, -0.1) is 6.42 Å². The van der Waals surface area contributed by atoms with Crippen LogP contribution in [0.15, 0.2) is 6.20 Å². The van der Waals surface area contributed by atoms with Gasteiger partial charge in [0.2, 0.25) is 11.8 Å². The third-order valence-corrected chi connectivity index (χ3v) is 4.90. The van der Waals surface area contributed by atoms with Crippen LogP contribution in [0.4, 0.5) is 10.7 Å². The first-order valence-corrected chi connectivity index (χ1v) is 8.77. The zero-order valence-electron chi connectivity index (χ0n) is 14.2. The van der Waals surface area contributed by atoms with Gasteiger partial charge in [0.15, 0.2) is 0 Å². The Balaban J connectivity index is 2.05. The molecular weight excluding hydrogens is 423 g/mol. The Kier molecular flexibility index (Phi) is 5.74. The van der Waals surface area contributed by atoms with Crippen molar-refractivity contribution < 1.29 is 14.3 Å². The van der Waals surface area contributed by atoms with Crippen molar-refractivity contribution in [3.8, 4) is 18.2 Å². The third kappa shape index (κ3) is 4.41. The average molecular weight is 444 g/mol. The number of anilines is 1. The molecule has 2 atom stereocenters. The number of rotatable bonds is 3. The predicted molar refractivity (Wildman–Crippen MR) is 99.3 cm³/mol. The molecule has 0 saturated carbocycles. The highest BCUT2D eigenvalue weighted by atomic mass is 127. The largest absolute Gasteiger partial charge is 0.480 e. The second-order valence-electron chi connectivity index (χ2n) is 6.35. The van der Waals surface area contributed by atoms with Crippen LogP contribution in [0.2, 0.25) is 0 Å². The molecule has 0 aliphatic carbocycles. The summed E-state index contributed by atoms with van der Waals surface area (Å²) in [5, 5.41) is 3.24. The molecule has 0 spiro atoms. The van der Waals surface area contributed by atoms with Gasteiger partial charge in [0.1, 0.15) is 15.2 Å². The normalized spacial score (nSPS) is 20.4. The van der Waals surface area contributed by atoms with E-state index < -0.39 is 5.60 Å².